The maximum Gasteiger partial charge on any atom is 0.243 e. The lowest BCUT2D eigenvalue weighted by atomic mass is 10.1. The van der Waals surface area contributed by atoms with Gasteiger partial charge in [-0.15, -0.1) is 0 Å². The molecule has 1 saturated heterocycles. The van der Waals surface area contributed by atoms with E-state index < -0.39 is 10.0 Å². The van der Waals surface area contributed by atoms with Gasteiger partial charge in [0.15, 0.2) is 5.78 Å². The van der Waals surface area contributed by atoms with Gasteiger partial charge in [-0.05, 0) is 49.6 Å². The molecular weight excluding hydrogens is 338 g/mol. The zero-order valence-electron chi connectivity index (χ0n) is 14.3. The molecule has 1 atom stereocenters. The Morgan fingerprint density at radius 2 is 1.88 bits per heavy atom. The highest BCUT2D eigenvalue weighted by Crippen LogP contribution is 2.37. The van der Waals surface area contributed by atoms with Crippen LogP contribution in [0.3, 0.4) is 0 Å². The number of benzene rings is 2. The van der Waals surface area contributed by atoms with Gasteiger partial charge in [0, 0.05) is 12.1 Å². The third-order valence-electron chi connectivity index (χ3n) is 4.55. The molecule has 1 unspecified atom stereocenters. The van der Waals surface area contributed by atoms with Gasteiger partial charge in [-0.1, -0.05) is 24.3 Å². The minimum absolute atomic E-state index is 0.148. The summed E-state index contributed by atoms with van der Waals surface area (Å²) in [5, 5.41) is 0. The molecule has 1 fully saturated rings. The van der Waals surface area contributed by atoms with Crippen LogP contribution < -0.4 is 4.74 Å². The molecule has 0 radical (unpaired) electrons. The van der Waals surface area contributed by atoms with E-state index in [9.17, 15) is 13.2 Å². The number of methoxy groups -OCH3 is 1. The topological polar surface area (TPSA) is 63.7 Å². The van der Waals surface area contributed by atoms with Crippen molar-refractivity contribution in [2.24, 2.45) is 0 Å². The Balaban J connectivity index is 1.95. The summed E-state index contributed by atoms with van der Waals surface area (Å²) in [6, 6.07) is 13.5. The summed E-state index contributed by atoms with van der Waals surface area (Å²) in [6.07, 6.45) is 1.58. The SMILES string of the molecule is COc1ccc(C2CCCN2S(=O)(=O)c2cccc(C(C)=O)c2)cc1. The summed E-state index contributed by atoms with van der Waals surface area (Å²) in [6.45, 7) is 1.91. The van der Waals surface area contributed by atoms with Crippen LogP contribution in [0.15, 0.2) is 53.4 Å². The zero-order chi connectivity index (χ0) is 18.0. The minimum Gasteiger partial charge on any atom is -0.497 e. The quantitative estimate of drug-likeness (QED) is 0.768. The largest absolute Gasteiger partial charge is 0.497 e. The van der Waals surface area contributed by atoms with E-state index in [0.29, 0.717) is 12.1 Å². The number of ether oxygens (including phenoxy) is 1. The van der Waals surface area contributed by atoms with E-state index in [2.05, 4.69) is 0 Å². The Labute approximate surface area is 148 Å². The van der Waals surface area contributed by atoms with Gasteiger partial charge in [0.2, 0.25) is 10.0 Å². The fourth-order valence-corrected chi connectivity index (χ4v) is 4.93. The molecule has 3 rings (SSSR count). The van der Waals surface area contributed by atoms with Gasteiger partial charge in [0.25, 0.3) is 0 Å². The minimum atomic E-state index is -3.66. The zero-order valence-corrected chi connectivity index (χ0v) is 15.1. The van der Waals surface area contributed by atoms with Gasteiger partial charge in [-0.2, -0.15) is 4.31 Å². The van der Waals surface area contributed by atoms with E-state index in [0.717, 1.165) is 24.2 Å². The molecule has 1 heterocycles. The smallest absolute Gasteiger partial charge is 0.243 e. The molecular formula is C19H21NO4S. The highest BCUT2D eigenvalue weighted by atomic mass is 32.2. The van der Waals surface area contributed by atoms with Gasteiger partial charge < -0.3 is 4.74 Å². The van der Waals surface area contributed by atoms with E-state index >= 15 is 0 Å². The number of carbonyl (C=O) groups is 1. The van der Waals surface area contributed by atoms with E-state index in [4.69, 9.17) is 4.74 Å². The fourth-order valence-electron chi connectivity index (χ4n) is 3.20. The average molecular weight is 359 g/mol. The first kappa shape index (κ1) is 17.6. The number of Topliss-reactive ketones (excluding diaryl/α,β-unsaturated/α-hetero) is 1. The van der Waals surface area contributed by atoms with Gasteiger partial charge in [0.05, 0.1) is 18.0 Å². The molecule has 2 aromatic rings. The number of carbonyl (C=O) groups excluding carboxylic acids is 1. The highest BCUT2D eigenvalue weighted by Gasteiger charge is 2.36. The molecule has 1 aliphatic rings. The van der Waals surface area contributed by atoms with Crippen molar-refractivity contribution in [1.82, 2.24) is 4.31 Å². The third kappa shape index (κ3) is 3.45. The second kappa shape index (κ2) is 6.98. The molecule has 6 heteroatoms. The Bertz CT molecular complexity index is 875. The lowest BCUT2D eigenvalue weighted by Gasteiger charge is -2.24. The number of rotatable bonds is 5. The lowest BCUT2D eigenvalue weighted by molar-refractivity contribution is 0.101. The second-order valence-electron chi connectivity index (χ2n) is 6.13. The van der Waals surface area contributed by atoms with Crippen LogP contribution in [0.1, 0.15) is 41.7 Å². The fraction of sp³-hybridized carbons (Fsp3) is 0.316. The molecule has 0 amide bonds. The number of hydrogen-bond donors (Lipinski definition) is 0. The summed E-state index contributed by atoms with van der Waals surface area (Å²) >= 11 is 0. The molecule has 0 spiro atoms. The van der Waals surface area contributed by atoms with E-state index in [-0.39, 0.29) is 16.7 Å². The van der Waals surface area contributed by atoms with Crippen molar-refractivity contribution in [2.75, 3.05) is 13.7 Å². The van der Waals surface area contributed by atoms with E-state index in [1.54, 1.807) is 25.3 Å². The lowest BCUT2D eigenvalue weighted by Crippen LogP contribution is -2.30. The van der Waals surface area contributed by atoms with Crippen molar-refractivity contribution >= 4 is 15.8 Å². The van der Waals surface area contributed by atoms with Crippen LogP contribution in [0.5, 0.6) is 5.75 Å². The molecule has 25 heavy (non-hydrogen) atoms. The van der Waals surface area contributed by atoms with Crippen molar-refractivity contribution in [1.29, 1.82) is 0 Å². The first-order chi connectivity index (χ1) is 11.9. The third-order valence-corrected chi connectivity index (χ3v) is 6.46. The van der Waals surface area contributed by atoms with Crippen molar-refractivity contribution in [2.45, 2.75) is 30.7 Å². The Hall–Kier alpha value is -2.18. The summed E-state index contributed by atoms with van der Waals surface area (Å²) in [4.78, 5) is 11.7. The predicted octanol–water partition coefficient (Wildman–Crippen LogP) is 3.42. The molecule has 0 bridgehead atoms. The van der Waals surface area contributed by atoms with Crippen LogP contribution >= 0.6 is 0 Å². The summed E-state index contributed by atoms with van der Waals surface area (Å²) in [7, 11) is -2.06. The summed E-state index contributed by atoms with van der Waals surface area (Å²) in [5.41, 5.74) is 1.35. The van der Waals surface area contributed by atoms with Crippen LogP contribution in [0.4, 0.5) is 0 Å². The molecule has 0 aliphatic carbocycles. The van der Waals surface area contributed by atoms with Crippen molar-refractivity contribution < 1.29 is 17.9 Å². The van der Waals surface area contributed by atoms with Gasteiger partial charge in [0.1, 0.15) is 5.75 Å². The first-order valence-corrected chi connectivity index (χ1v) is 9.64. The Morgan fingerprint density at radius 1 is 1.16 bits per heavy atom. The molecule has 5 nitrogen and oxygen atoms in total. The molecule has 0 N–H and O–H groups in total. The summed E-state index contributed by atoms with van der Waals surface area (Å²) in [5.74, 6) is 0.593. The van der Waals surface area contributed by atoms with Crippen molar-refractivity contribution in [3.63, 3.8) is 0 Å². The van der Waals surface area contributed by atoms with Gasteiger partial charge in [-0.25, -0.2) is 8.42 Å². The average Bonchev–Trinajstić information content (AvgIpc) is 3.12. The summed E-state index contributed by atoms with van der Waals surface area (Å²) < 4.78 is 32.9. The normalized spacial score (nSPS) is 18.2. The number of ketones is 1. The van der Waals surface area contributed by atoms with Gasteiger partial charge in [-0.3, -0.25) is 4.79 Å². The standard InChI is InChI=1S/C19H21NO4S/c1-14(21)16-5-3-6-18(13-16)25(22,23)20-12-4-7-19(20)15-8-10-17(24-2)11-9-15/h3,5-6,8-11,13,19H,4,7,12H2,1-2H3. The maximum atomic E-state index is 13.1. The number of sulfonamides is 1. The maximum absolute atomic E-state index is 13.1. The van der Waals surface area contributed by atoms with Crippen LogP contribution in [-0.2, 0) is 10.0 Å². The molecule has 1 aliphatic heterocycles. The highest BCUT2D eigenvalue weighted by molar-refractivity contribution is 7.89. The van der Waals surface area contributed by atoms with Crippen molar-refractivity contribution in [3.8, 4) is 5.75 Å². The van der Waals surface area contributed by atoms with Crippen molar-refractivity contribution in [3.05, 3.63) is 59.7 Å². The number of hydrogen-bond acceptors (Lipinski definition) is 4. The van der Waals surface area contributed by atoms with Crippen LogP contribution in [0, 0.1) is 0 Å². The molecule has 132 valence electrons. The second-order valence-corrected chi connectivity index (χ2v) is 8.02. The first-order valence-electron chi connectivity index (χ1n) is 8.20. The Kier molecular flexibility index (Phi) is 4.92. The predicted molar refractivity (Wildman–Crippen MR) is 95.3 cm³/mol. The van der Waals surface area contributed by atoms with Crippen LogP contribution in [0.2, 0.25) is 0 Å². The molecule has 0 aromatic heterocycles. The molecule has 0 saturated carbocycles. The Morgan fingerprint density at radius 3 is 2.52 bits per heavy atom. The van der Waals surface area contributed by atoms with E-state index in [1.165, 1.54) is 17.3 Å². The van der Waals surface area contributed by atoms with Crippen LogP contribution in [-0.4, -0.2) is 32.2 Å². The van der Waals surface area contributed by atoms with E-state index in [1.807, 2.05) is 24.3 Å². The van der Waals surface area contributed by atoms with Gasteiger partial charge >= 0.3 is 0 Å². The van der Waals surface area contributed by atoms with Crippen LogP contribution in [0.25, 0.3) is 0 Å². The number of nitrogens with zero attached hydrogens (tertiary/aromatic N) is 1. The monoisotopic (exact) mass is 359 g/mol. The molecule has 2 aromatic carbocycles.